The summed E-state index contributed by atoms with van der Waals surface area (Å²) in [7, 11) is 1.45. The quantitative estimate of drug-likeness (QED) is 0.458. The zero-order valence-corrected chi connectivity index (χ0v) is 14.4. The lowest BCUT2D eigenvalue weighted by Gasteiger charge is -2.20. The van der Waals surface area contributed by atoms with Crippen LogP contribution in [0.2, 0.25) is 0 Å². The van der Waals surface area contributed by atoms with E-state index in [-0.39, 0.29) is 11.4 Å². The molecule has 0 heterocycles. The number of ether oxygens (including phenoxy) is 1. The first-order chi connectivity index (χ1) is 11.9. The van der Waals surface area contributed by atoms with Crippen LogP contribution in [0.25, 0.3) is 0 Å². The van der Waals surface area contributed by atoms with E-state index in [9.17, 15) is 10.1 Å². The molecule has 0 aliphatic rings. The Morgan fingerprint density at radius 1 is 1.28 bits per heavy atom. The Kier molecular flexibility index (Phi) is 5.49. The van der Waals surface area contributed by atoms with Crippen LogP contribution in [0.1, 0.15) is 19.4 Å². The first-order valence-corrected chi connectivity index (χ1v) is 7.66. The number of nitrogens with one attached hydrogen (secondary N) is 1. The fraction of sp³-hybridized carbons (Fsp3) is 0.222. The van der Waals surface area contributed by atoms with E-state index in [1.54, 1.807) is 6.07 Å². The van der Waals surface area contributed by atoms with Crippen molar-refractivity contribution < 1.29 is 15.1 Å². The largest absolute Gasteiger partial charge is 0.496 e. The van der Waals surface area contributed by atoms with Crippen LogP contribution in [0.4, 0.5) is 11.4 Å². The lowest BCUT2D eigenvalue weighted by atomic mass is 9.80. The zero-order valence-electron chi connectivity index (χ0n) is 14.4. The van der Waals surface area contributed by atoms with Gasteiger partial charge in [0.1, 0.15) is 17.7 Å². The molecular weight excluding hydrogens is 320 g/mol. The Bertz CT molecular complexity index is 801. The third-order valence-electron chi connectivity index (χ3n) is 4.01. The number of nitrogens with two attached hydrogens (primary N) is 1. The Morgan fingerprint density at radius 2 is 1.96 bits per heavy atom. The van der Waals surface area contributed by atoms with Crippen molar-refractivity contribution in [1.82, 2.24) is 0 Å². The van der Waals surface area contributed by atoms with Gasteiger partial charge in [-0.05, 0) is 31.5 Å². The average molecular weight is 341 g/mol. The van der Waals surface area contributed by atoms with E-state index in [0.717, 1.165) is 5.56 Å². The summed E-state index contributed by atoms with van der Waals surface area (Å²) in [6.07, 6.45) is 1.47. The van der Waals surface area contributed by atoms with E-state index >= 15 is 0 Å². The molecule has 0 saturated carbocycles. The predicted octanol–water partition coefficient (Wildman–Crippen LogP) is 2.18. The Labute approximate surface area is 146 Å². The van der Waals surface area contributed by atoms with Crippen LogP contribution in [0.5, 0.6) is 5.75 Å². The summed E-state index contributed by atoms with van der Waals surface area (Å²) in [6, 6.07) is 14.3. The van der Waals surface area contributed by atoms with Crippen molar-refractivity contribution in [2.24, 2.45) is 5.10 Å². The van der Waals surface area contributed by atoms with E-state index in [1.807, 2.05) is 44.2 Å². The van der Waals surface area contributed by atoms with E-state index in [2.05, 4.69) is 10.5 Å². The molecule has 130 valence electrons. The van der Waals surface area contributed by atoms with Gasteiger partial charge in [-0.15, -0.1) is 0 Å². The molecule has 3 N–H and O–H groups in total. The first kappa shape index (κ1) is 18.1. The van der Waals surface area contributed by atoms with Crippen LogP contribution in [0.15, 0.2) is 53.6 Å². The van der Waals surface area contributed by atoms with E-state index < -0.39 is 10.3 Å². The van der Waals surface area contributed by atoms with Crippen molar-refractivity contribution in [3.05, 3.63) is 64.2 Å². The van der Waals surface area contributed by atoms with Crippen LogP contribution < -0.4 is 15.6 Å². The average Bonchev–Trinajstić information content (AvgIpc) is 2.62. The topological polar surface area (TPSA) is 102 Å². The molecule has 0 unspecified atom stereocenters. The number of hydrazone groups is 1. The number of anilines is 1. The third kappa shape index (κ3) is 4.20. The monoisotopic (exact) mass is 341 g/mol. The molecule has 0 aliphatic heterocycles. The first-order valence-electron chi connectivity index (χ1n) is 7.66. The van der Waals surface area contributed by atoms with Gasteiger partial charge in [0.05, 0.1) is 23.5 Å². The van der Waals surface area contributed by atoms with Gasteiger partial charge < -0.3 is 4.74 Å². The van der Waals surface area contributed by atoms with Gasteiger partial charge in [-0.25, -0.2) is 0 Å². The molecule has 0 amide bonds. The molecular formula is C18H21N4O3+. The van der Waals surface area contributed by atoms with Crippen molar-refractivity contribution in [2.45, 2.75) is 19.3 Å². The number of nitrogens with zero attached hydrogens (tertiary/aromatic N) is 2. The van der Waals surface area contributed by atoms with E-state index in [1.165, 1.54) is 25.5 Å². The van der Waals surface area contributed by atoms with Crippen LogP contribution >= 0.6 is 0 Å². The molecule has 0 aliphatic carbocycles. The predicted molar refractivity (Wildman–Crippen MR) is 98.2 cm³/mol. The van der Waals surface area contributed by atoms with Crippen LogP contribution in [-0.2, 0) is 5.41 Å². The summed E-state index contributed by atoms with van der Waals surface area (Å²) in [5.41, 5.74) is 3.96. The number of rotatable bonds is 7. The van der Waals surface area contributed by atoms with Gasteiger partial charge in [-0.1, -0.05) is 30.3 Å². The molecule has 2 aromatic rings. The number of hydrogen-bond donors (Lipinski definition) is 2. The molecule has 7 nitrogen and oxygen atoms in total. The number of methoxy groups -OCH3 is 1. The normalized spacial score (nSPS) is 11.3. The number of hydrogen-bond acceptors (Lipinski definition) is 5. The van der Waals surface area contributed by atoms with E-state index in [0.29, 0.717) is 11.5 Å². The van der Waals surface area contributed by atoms with Gasteiger partial charge in [0.2, 0.25) is 5.71 Å². The summed E-state index contributed by atoms with van der Waals surface area (Å²) < 4.78 is 5.00. The fourth-order valence-corrected chi connectivity index (χ4v) is 2.24. The maximum atomic E-state index is 11.2. The van der Waals surface area contributed by atoms with Crippen molar-refractivity contribution in [3.63, 3.8) is 0 Å². The second-order valence-corrected chi connectivity index (χ2v) is 5.96. The second kappa shape index (κ2) is 7.57. The van der Waals surface area contributed by atoms with Gasteiger partial charge in [0.15, 0.2) is 0 Å². The zero-order chi connectivity index (χ0) is 18.4. The minimum Gasteiger partial charge on any atom is -0.496 e. The van der Waals surface area contributed by atoms with Gasteiger partial charge in [-0.3, -0.25) is 20.9 Å². The molecule has 2 aromatic carbocycles. The van der Waals surface area contributed by atoms with E-state index in [4.69, 9.17) is 10.1 Å². The van der Waals surface area contributed by atoms with Crippen LogP contribution in [-0.4, -0.2) is 24.0 Å². The highest BCUT2D eigenvalue weighted by Crippen LogP contribution is 2.29. The Balaban J connectivity index is 2.16. The highest BCUT2D eigenvalue weighted by atomic mass is 16.6. The Morgan fingerprint density at radius 3 is 2.56 bits per heavy atom. The van der Waals surface area contributed by atoms with Crippen molar-refractivity contribution in [3.8, 4) is 5.75 Å². The maximum Gasteiger partial charge on any atom is 0.297 e. The second-order valence-electron chi connectivity index (χ2n) is 5.96. The molecule has 0 atom stereocenters. The highest BCUT2D eigenvalue weighted by Gasteiger charge is 2.29. The van der Waals surface area contributed by atoms with Gasteiger partial charge >= 0.3 is 0 Å². The molecule has 0 saturated heterocycles. The number of nitro benzene ring substituents is 1. The third-order valence-corrected chi connectivity index (χ3v) is 4.01. The molecule has 7 heteroatoms. The van der Waals surface area contributed by atoms with Crippen molar-refractivity contribution in [1.29, 1.82) is 0 Å². The highest BCUT2D eigenvalue weighted by molar-refractivity contribution is 6.31. The van der Waals surface area contributed by atoms with Gasteiger partial charge in [-0.2, -0.15) is 5.10 Å². The standard InChI is InChI=1S/C18H20N4O3/c1-18(2,13-7-5-4-6-8-13)17(19)12-20-21-15-10-9-14(25-3)11-16(15)22(23)24/h4-12,19,21H,1-3H3/p+1/b19-17?,20-12+. The molecule has 0 bridgehead atoms. The molecule has 0 fully saturated rings. The van der Waals surface area contributed by atoms with Crippen LogP contribution in [0, 0.1) is 10.1 Å². The summed E-state index contributed by atoms with van der Waals surface area (Å²) in [5.74, 6) is 0.400. The molecule has 0 radical (unpaired) electrons. The van der Waals surface area contributed by atoms with Crippen LogP contribution in [0.3, 0.4) is 0 Å². The summed E-state index contributed by atoms with van der Waals surface area (Å²) >= 11 is 0. The SMILES string of the molecule is COc1ccc(N/N=C/C(=[NH2+])C(C)(C)c2ccccc2)c([N+](=O)[O-])c1. The molecule has 2 rings (SSSR count). The maximum absolute atomic E-state index is 11.2. The number of nitro groups is 1. The molecule has 0 aromatic heterocycles. The lowest BCUT2D eigenvalue weighted by Crippen LogP contribution is -2.51. The van der Waals surface area contributed by atoms with Gasteiger partial charge in [0, 0.05) is 0 Å². The fourth-order valence-electron chi connectivity index (χ4n) is 2.24. The smallest absolute Gasteiger partial charge is 0.297 e. The molecule has 0 spiro atoms. The minimum absolute atomic E-state index is 0.127. The van der Waals surface area contributed by atoms with Crippen molar-refractivity contribution in [2.75, 3.05) is 12.5 Å². The lowest BCUT2D eigenvalue weighted by molar-refractivity contribution is -0.384. The summed E-state index contributed by atoms with van der Waals surface area (Å²) in [6.45, 7) is 3.97. The molecule has 25 heavy (non-hydrogen) atoms. The number of benzene rings is 2. The Hall–Kier alpha value is -3.22. The minimum atomic E-state index is -0.499. The van der Waals surface area contributed by atoms with Crippen molar-refractivity contribution >= 4 is 23.3 Å². The summed E-state index contributed by atoms with van der Waals surface area (Å²) in [5, 5.41) is 21.4. The summed E-state index contributed by atoms with van der Waals surface area (Å²) in [4.78, 5) is 10.7. The van der Waals surface area contributed by atoms with Gasteiger partial charge in [0.25, 0.3) is 5.69 Å².